The van der Waals surface area contributed by atoms with Crippen molar-refractivity contribution in [3.05, 3.63) is 16.6 Å². The van der Waals surface area contributed by atoms with Crippen LogP contribution in [0.1, 0.15) is 19.8 Å². The number of nitrogen functional groups attached to an aromatic ring is 1. The largest absolute Gasteiger partial charge is 0.495 e. The summed E-state index contributed by atoms with van der Waals surface area (Å²) in [5.41, 5.74) is 6.02. The molecule has 1 unspecified atom stereocenters. The lowest BCUT2D eigenvalue weighted by Crippen LogP contribution is -2.26. The number of nitrogens with two attached hydrogens (primary N) is 1. The van der Waals surface area contributed by atoms with Crippen LogP contribution in [0.25, 0.3) is 0 Å². The molecule has 1 rings (SSSR count). The number of hydrogen-bond donors (Lipinski definition) is 3. The van der Waals surface area contributed by atoms with E-state index in [1.54, 1.807) is 6.92 Å². The minimum absolute atomic E-state index is 0.00209. The van der Waals surface area contributed by atoms with Crippen molar-refractivity contribution in [1.82, 2.24) is 4.72 Å². The van der Waals surface area contributed by atoms with Crippen LogP contribution in [0.4, 0.5) is 5.69 Å². The standard InChI is InChI=1S/C12H19BrN2O4S/c1-8(16)4-3-5-15-20(17,18)12-7-10(14)9(13)6-11(12)19-2/h6-8,15-16H,3-5,14H2,1-2H3. The van der Waals surface area contributed by atoms with Crippen molar-refractivity contribution in [2.45, 2.75) is 30.8 Å². The van der Waals surface area contributed by atoms with Crippen LogP contribution in [0.3, 0.4) is 0 Å². The fourth-order valence-electron chi connectivity index (χ4n) is 1.60. The highest BCUT2D eigenvalue weighted by atomic mass is 79.9. The minimum atomic E-state index is -3.70. The van der Waals surface area contributed by atoms with Crippen molar-refractivity contribution in [3.8, 4) is 5.75 Å². The van der Waals surface area contributed by atoms with E-state index in [0.717, 1.165) is 0 Å². The lowest BCUT2D eigenvalue weighted by molar-refractivity contribution is 0.182. The van der Waals surface area contributed by atoms with Crippen molar-refractivity contribution in [2.24, 2.45) is 0 Å². The number of rotatable bonds is 7. The predicted molar refractivity (Wildman–Crippen MR) is 81.2 cm³/mol. The van der Waals surface area contributed by atoms with E-state index in [-0.39, 0.29) is 17.2 Å². The molecule has 0 fully saturated rings. The summed E-state index contributed by atoms with van der Waals surface area (Å²) >= 11 is 3.22. The summed E-state index contributed by atoms with van der Waals surface area (Å²) in [6, 6.07) is 2.86. The number of ether oxygens (including phenoxy) is 1. The second-order valence-electron chi connectivity index (χ2n) is 4.41. The summed E-state index contributed by atoms with van der Waals surface area (Å²) in [6.45, 7) is 1.90. The molecule has 20 heavy (non-hydrogen) atoms. The van der Waals surface area contributed by atoms with Crippen LogP contribution in [0.2, 0.25) is 0 Å². The number of halogens is 1. The first kappa shape index (κ1) is 17.2. The van der Waals surface area contributed by atoms with Gasteiger partial charge in [-0.3, -0.25) is 0 Å². The summed E-state index contributed by atoms with van der Waals surface area (Å²) in [5.74, 6) is 0.217. The molecule has 114 valence electrons. The molecule has 0 bridgehead atoms. The molecule has 0 radical (unpaired) electrons. The number of aliphatic hydroxyl groups is 1. The molecule has 0 amide bonds. The SMILES string of the molecule is COc1cc(Br)c(N)cc1S(=O)(=O)NCCCC(C)O. The summed E-state index contributed by atoms with van der Waals surface area (Å²) in [5, 5.41) is 9.13. The number of benzene rings is 1. The molecule has 6 nitrogen and oxygen atoms in total. The Morgan fingerprint density at radius 3 is 2.70 bits per heavy atom. The zero-order valence-electron chi connectivity index (χ0n) is 11.4. The van der Waals surface area contributed by atoms with Gasteiger partial charge in [-0.15, -0.1) is 0 Å². The summed E-state index contributed by atoms with van der Waals surface area (Å²) in [4.78, 5) is -0.00209. The molecular weight excluding hydrogens is 348 g/mol. The van der Waals surface area contributed by atoms with Gasteiger partial charge in [0.1, 0.15) is 10.6 Å². The Morgan fingerprint density at radius 2 is 2.15 bits per heavy atom. The van der Waals surface area contributed by atoms with E-state index < -0.39 is 16.1 Å². The third kappa shape index (κ3) is 4.62. The van der Waals surface area contributed by atoms with Gasteiger partial charge >= 0.3 is 0 Å². The van der Waals surface area contributed by atoms with Gasteiger partial charge in [0.15, 0.2) is 0 Å². The molecule has 4 N–H and O–H groups in total. The molecule has 1 aromatic rings. The van der Waals surface area contributed by atoms with Crippen LogP contribution in [0, 0.1) is 0 Å². The Hall–Kier alpha value is -0.830. The fraction of sp³-hybridized carbons (Fsp3) is 0.500. The summed E-state index contributed by atoms with van der Waals surface area (Å²) in [6.07, 6.45) is 0.630. The molecule has 0 heterocycles. The molecule has 1 atom stereocenters. The zero-order chi connectivity index (χ0) is 15.3. The second kappa shape index (κ2) is 7.26. The van der Waals surface area contributed by atoms with Gasteiger partial charge in [0.05, 0.1) is 13.2 Å². The van der Waals surface area contributed by atoms with Gasteiger partial charge in [-0.05, 0) is 47.8 Å². The van der Waals surface area contributed by atoms with Gasteiger partial charge in [0, 0.05) is 16.7 Å². The lowest BCUT2D eigenvalue weighted by Gasteiger charge is -2.12. The molecule has 0 aliphatic heterocycles. The maximum atomic E-state index is 12.2. The minimum Gasteiger partial charge on any atom is -0.495 e. The van der Waals surface area contributed by atoms with E-state index in [4.69, 9.17) is 15.6 Å². The number of anilines is 1. The average Bonchev–Trinajstić information content (AvgIpc) is 2.37. The Balaban J connectivity index is 2.89. The van der Waals surface area contributed by atoms with Gasteiger partial charge in [0.25, 0.3) is 0 Å². The molecular formula is C12H19BrN2O4S. The first-order valence-corrected chi connectivity index (χ1v) is 8.36. The van der Waals surface area contributed by atoms with Crippen molar-refractivity contribution in [3.63, 3.8) is 0 Å². The van der Waals surface area contributed by atoms with E-state index in [2.05, 4.69) is 20.7 Å². The van der Waals surface area contributed by atoms with Crippen molar-refractivity contribution < 1.29 is 18.3 Å². The van der Waals surface area contributed by atoms with Crippen molar-refractivity contribution in [2.75, 3.05) is 19.4 Å². The summed E-state index contributed by atoms with van der Waals surface area (Å²) < 4.78 is 32.5. The number of sulfonamides is 1. The third-order valence-electron chi connectivity index (χ3n) is 2.66. The molecule has 0 saturated carbocycles. The Morgan fingerprint density at radius 1 is 1.50 bits per heavy atom. The average molecular weight is 367 g/mol. The molecule has 0 aliphatic carbocycles. The topological polar surface area (TPSA) is 102 Å². The highest BCUT2D eigenvalue weighted by Crippen LogP contribution is 2.32. The smallest absolute Gasteiger partial charge is 0.244 e. The maximum Gasteiger partial charge on any atom is 0.244 e. The number of hydrogen-bond acceptors (Lipinski definition) is 5. The van der Waals surface area contributed by atoms with Crippen LogP contribution < -0.4 is 15.2 Å². The molecule has 8 heteroatoms. The van der Waals surface area contributed by atoms with E-state index >= 15 is 0 Å². The monoisotopic (exact) mass is 366 g/mol. The predicted octanol–water partition coefficient (Wildman–Crippen LogP) is 1.48. The van der Waals surface area contributed by atoms with Crippen LogP contribution in [0.5, 0.6) is 5.75 Å². The quantitative estimate of drug-likeness (QED) is 0.501. The first-order valence-electron chi connectivity index (χ1n) is 6.08. The fourth-order valence-corrected chi connectivity index (χ4v) is 3.18. The molecule has 0 saturated heterocycles. The van der Waals surface area contributed by atoms with Crippen LogP contribution in [0.15, 0.2) is 21.5 Å². The molecule has 0 aromatic heterocycles. The molecule has 0 spiro atoms. The van der Waals surface area contributed by atoms with Gasteiger partial charge in [-0.2, -0.15) is 0 Å². The third-order valence-corrected chi connectivity index (χ3v) is 4.83. The van der Waals surface area contributed by atoms with Gasteiger partial charge < -0.3 is 15.6 Å². The van der Waals surface area contributed by atoms with E-state index in [9.17, 15) is 8.42 Å². The first-order chi connectivity index (χ1) is 9.27. The van der Waals surface area contributed by atoms with E-state index in [1.165, 1.54) is 19.2 Å². The number of methoxy groups -OCH3 is 1. The normalized spacial score (nSPS) is 13.2. The van der Waals surface area contributed by atoms with E-state index in [1.807, 2.05) is 0 Å². The van der Waals surface area contributed by atoms with Crippen LogP contribution in [-0.2, 0) is 10.0 Å². The summed E-state index contributed by atoms with van der Waals surface area (Å²) in [7, 11) is -2.30. The Bertz CT molecular complexity index is 561. The number of aliphatic hydroxyl groups excluding tert-OH is 1. The number of nitrogens with one attached hydrogen (secondary N) is 1. The molecule has 0 aliphatic rings. The van der Waals surface area contributed by atoms with E-state index in [0.29, 0.717) is 23.0 Å². The van der Waals surface area contributed by atoms with Crippen molar-refractivity contribution >= 4 is 31.6 Å². The Kier molecular flexibility index (Phi) is 6.25. The van der Waals surface area contributed by atoms with Gasteiger partial charge in [-0.1, -0.05) is 0 Å². The van der Waals surface area contributed by atoms with Crippen LogP contribution in [-0.4, -0.2) is 33.3 Å². The second-order valence-corrected chi connectivity index (χ2v) is 7.00. The van der Waals surface area contributed by atoms with Crippen LogP contribution >= 0.6 is 15.9 Å². The highest BCUT2D eigenvalue weighted by Gasteiger charge is 2.20. The van der Waals surface area contributed by atoms with Crippen molar-refractivity contribution in [1.29, 1.82) is 0 Å². The zero-order valence-corrected chi connectivity index (χ0v) is 13.8. The maximum absolute atomic E-state index is 12.2. The Labute approximate surface area is 127 Å². The van der Waals surface area contributed by atoms with Gasteiger partial charge in [0.2, 0.25) is 10.0 Å². The highest BCUT2D eigenvalue weighted by molar-refractivity contribution is 9.10. The lowest BCUT2D eigenvalue weighted by atomic mass is 10.2. The molecule has 1 aromatic carbocycles. The van der Waals surface area contributed by atoms with Gasteiger partial charge in [-0.25, -0.2) is 13.1 Å².